The van der Waals surface area contributed by atoms with Gasteiger partial charge in [-0.1, -0.05) is 25.4 Å². The monoisotopic (exact) mass is 372 g/mol. The summed E-state index contributed by atoms with van der Waals surface area (Å²) in [5.74, 6) is 1.40. The minimum Gasteiger partial charge on any atom is -0.354 e. The van der Waals surface area contributed by atoms with Gasteiger partial charge in [0.25, 0.3) is 0 Å². The molecule has 1 aromatic carbocycles. The molecule has 0 saturated carbocycles. The number of nitrogens with zero attached hydrogens (tertiary/aromatic N) is 2. The topological polar surface area (TPSA) is 49.8 Å². The third kappa shape index (κ3) is 5.77. The van der Waals surface area contributed by atoms with E-state index in [1.807, 2.05) is 0 Å². The number of alkyl halides is 3. The highest BCUT2D eigenvalue weighted by molar-refractivity contribution is 6.31. The smallest absolute Gasteiger partial charge is 0.354 e. The Balaban J connectivity index is 2.18. The molecule has 0 radical (unpaired) electrons. The van der Waals surface area contributed by atoms with Gasteiger partial charge in [-0.25, -0.2) is 4.98 Å². The van der Waals surface area contributed by atoms with Gasteiger partial charge >= 0.3 is 6.18 Å². The van der Waals surface area contributed by atoms with Crippen LogP contribution in [0.5, 0.6) is 0 Å². The summed E-state index contributed by atoms with van der Waals surface area (Å²) >= 11 is 5.63. The molecule has 0 bridgehead atoms. The maximum Gasteiger partial charge on any atom is 0.417 e. The highest BCUT2D eigenvalue weighted by Gasteiger charge is 2.33. The van der Waals surface area contributed by atoms with Crippen molar-refractivity contribution in [2.75, 3.05) is 17.2 Å². The summed E-state index contributed by atoms with van der Waals surface area (Å²) in [7, 11) is 0. The summed E-state index contributed by atoms with van der Waals surface area (Å²) < 4.78 is 38.9. The number of anilines is 3. The van der Waals surface area contributed by atoms with Crippen molar-refractivity contribution < 1.29 is 13.2 Å². The molecular formula is C17H20ClF3N4. The lowest BCUT2D eigenvalue weighted by atomic mass is 10.1. The third-order valence-corrected chi connectivity index (χ3v) is 3.73. The van der Waals surface area contributed by atoms with Crippen molar-refractivity contribution in [3.8, 4) is 0 Å². The van der Waals surface area contributed by atoms with Crippen molar-refractivity contribution >= 4 is 29.1 Å². The molecule has 0 fully saturated rings. The SMILES string of the molecule is Cc1cc(Nc2ccc(Cl)c(C(F)(F)F)c2)nc(NCCC(C)C)n1. The molecule has 0 spiro atoms. The first-order chi connectivity index (χ1) is 11.6. The number of halogens is 4. The number of benzene rings is 1. The molecule has 0 aliphatic carbocycles. The predicted molar refractivity (Wildman–Crippen MR) is 94.5 cm³/mol. The van der Waals surface area contributed by atoms with Crippen molar-refractivity contribution in [2.45, 2.75) is 33.4 Å². The average molecular weight is 373 g/mol. The van der Waals surface area contributed by atoms with Gasteiger partial charge in [0.1, 0.15) is 5.82 Å². The third-order valence-electron chi connectivity index (χ3n) is 3.40. The molecule has 4 nitrogen and oxygen atoms in total. The van der Waals surface area contributed by atoms with Gasteiger partial charge in [0.05, 0.1) is 10.6 Å². The van der Waals surface area contributed by atoms with Crippen LogP contribution in [0.15, 0.2) is 24.3 Å². The van der Waals surface area contributed by atoms with Crippen LogP contribution >= 0.6 is 11.6 Å². The summed E-state index contributed by atoms with van der Waals surface area (Å²) in [5, 5.41) is 5.66. The van der Waals surface area contributed by atoms with E-state index in [1.54, 1.807) is 13.0 Å². The second kappa shape index (κ2) is 7.91. The van der Waals surface area contributed by atoms with Crippen LogP contribution in [-0.2, 0) is 6.18 Å². The van der Waals surface area contributed by atoms with Crippen molar-refractivity contribution in [1.29, 1.82) is 0 Å². The highest BCUT2D eigenvalue weighted by atomic mass is 35.5. The van der Waals surface area contributed by atoms with E-state index in [-0.39, 0.29) is 10.7 Å². The summed E-state index contributed by atoms with van der Waals surface area (Å²) in [4.78, 5) is 8.57. The number of hydrogen-bond donors (Lipinski definition) is 2. The maximum atomic E-state index is 13.0. The van der Waals surface area contributed by atoms with Crippen LogP contribution in [0.2, 0.25) is 5.02 Å². The van der Waals surface area contributed by atoms with E-state index in [4.69, 9.17) is 11.6 Å². The Hall–Kier alpha value is -2.02. The second-order valence-electron chi connectivity index (χ2n) is 6.14. The van der Waals surface area contributed by atoms with E-state index in [0.29, 0.717) is 23.4 Å². The predicted octanol–water partition coefficient (Wildman–Crippen LogP) is 5.66. The lowest BCUT2D eigenvalue weighted by Crippen LogP contribution is -2.10. The van der Waals surface area contributed by atoms with Crippen LogP contribution in [0, 0.1) is 12.8 Å². The Bertz CT molecular complexity index is 732. The Kier molecular flexibility index (Phi) is 6.11. The molecule has 0 atom stereocenters. The summed E-state index contributed by atoms with van der Waals surface area (Å²) in [6.45, 7) is 6.75. The molecule has 2 rings (SSSR count). The molecule has 0 unspecified atom stereocenters. The molecule has 0 amide bonds. The zero-order valence-electron chi connectivity index (χ0n) is 14.2. The molecule has 0 saturated heterocycles. The zero-order chi connectivity index (χ0) is 18.6. The van der Waals surface area contributed by atoms with E-state index in [9.17, 15) is 13.2 Å². The number of hydrogen-bond acceptors (Lipinski definition) is 4. The number of aromatic nitrogens is 2. The fraction of sp³-hybridized carbons (Fsp3) is 0.412. The fourth-order valence-electron chi connectivity index (χ4n) is 2.15. The van der Waals surface area contributed by atoms with Gasteiger partial charge in [-0.2, -0.15) is 18.2 Å². The van der Waals surface area contributed by atoms with E-state index < -0.39 is 11.7 Å². The molecule has 0 aliphatic heterocycles. The molecule has 136 valence electrons. The van der Waals surface area contributed by atoms with Gasteiger partial charge < -0.3 is 10.6 Å². The van der Waals surface area contributed by atoms with Crippen LogP contribution in [0.25, 0.3) is 0 Å². The summed E-state index contributed by atoms with van der Waals surface area (Å²) in [5.41, 5.74) is 0.0673. The lowest BCUT2D eigenvalue weighted by molar-refractivity contribution is -0.137. The van der Waals surface area contributed by atoms with Crippen LogP contribution in [0.4, 0.5) is 30.6 Å². The van der Waals surface area contributed by atoms with Gasteiger partial charge in [0.2, 0.25) is 5.95 Å². The molecule has 2 aromatic rings. The Morgan fingerprint density at radius 3 is 2.52 bits per heavy atom. The molecule has 25 heavy (non-hydrogen) atoms. The normalized spacial score (nSPS) is 11.7. The maximum absolute atomic E-state index is 13.0. The Labute approximate surface area is 149 Å². The molecule has 8 heteroatoms. The zero-order valence-corrected chi connectivity index (χ0v) is 15.0. The second-order valence-corrected chi connectivity index (χ2v) is 6.55. The number of rotatable bonds is 6. The minimum absolute atomic E-state index is 0.253. The van der Waals surface area contributed by atoms with E-state index in [0.717, 1.165) is 19.0 Å². The van der Waals surface area contributed by atoms with Gasteiger partial charge in [0, 0.05) is 24.0 Å². The van der Waals surface area contributed by atoms with Crippen LogP contribution in [-0.4, -0.2) is 16.5 Å². The van der Waals surface area contributed by atoms with E-state index in [1.165, 1.54) is 12.1 Å². The van der Waals surface area contributed by atoms with Crippen LogP contribution in [0.3, 0.4) is 0 Å². The van der Waals surface area contributed by atoms with Crippen molar-refractivity contribution in [2.24, 2.45) is 5.92 Å². The van der Waals surface area contributed by atoms with Crippen LogP contribution in [0.1, 0.15) is 31.5 Å². The van der Waals surface area contributed by atoms with Gasteiger partial charge in [0.15, 0.2) is 0 Å². The lowest BCUT2D eigenvalue weighted by Gasteiger charge is -2.13. The quantitative estimate of drug-likeness (QED) is 0.687. The summed E-state index contributed by atoms with van der Waals surface area (Å²) in [6, 6.07) is 5.31. The molecule has 2 N–H and O–H groups in total. The molecule has 1 aromatic heterocycles. The van der Waals surface area contributed by atoms with Crippen LogP contribution < -0.4 is 10.6 Å². The van der Waals surface area contributed by atoms with Gasteiger partial charge in [-0.05, 0) is 37.5 Å². The molecular weight excluding hydrogens is 353 g/mol. The summed E-state index contributed by atoms with van der Waals surface area (Å²) in [6.07, 6.45) is -3.55. The standard InChI is InChI=1S/C17H20ClF3N4/c1-10(2)6-7-22-16-23-11(3)8-15(25-16)24-12-4-5-14(18)13(9-12)17(19,20)21/h4-5,8-10H,6-7H2,1-3H3,(H2,22,23,24,25). The van der Waals surface area contributed by atoms with Gasteiger partial charge in [-0.15, -0.1) is 0 Å². The molecule has 1 heterocycles. The van der Waals surface area contributed by atoms with Crippen molar-refractivity contribution in [3.05, 3.63) is 40.5 Å². The Morgan fingerprint density at radius 1 is 1.16 bits per heavy atom. The first-order valence-electron chi connectivity index (χ1n) is 7.88. The largest absolute Gasteiger partial charge is 0.417 e. The Morgan fingerprint density at radius 2 is 1.88 bits per heavy atom. The minimum atomic E-state index is -4.51. The van der Waals surface area contributed by atoms with E-state index in [2.05, 4.69) is 34.4 Å². The van der Waals surface area contributed by atoms with Crippen molar-refractivity contribution in [1.82, 2.24) is 9.97 Å². The number of aryl methyl sites for hydroxylation is 1. The highest BCUT2D eigenvalue weighted by Crippen LogP contribution is 2.36. The van der Waals surface area contributed by atoms with Gasteiger partial charge in [-0.3, -0.25) is 0 Å². The number of nitrogens with one attached hydrogen (secondary N) is 2. The van der Waals surface area contributed by atoms with Crippen molar-refractivity contribution in [3.63, 3.8) is 0 Å². The first-order valence-corrected chi connectivity index (χ1v) is 8.26. The van der Waals surface area contributed by atoms with E-state index >= 15 is 0 Å². The fourth-order valence-corrected chi connectivity index (χ4v) is 2.38. The first kappa shape index (κ1) is 19.3. The average Bonchev–Trinajstić information content (AvgIpc) is 2.47. The molecule has 0 aliphatic rings.